The summed E-state index contributed by atoms with van der Waals surface area (Å²) in [7, 11) is 0. The molecule has 0 aromatic heterocycles. The molecule has 0 aliphatic rings. The summed E-state index contributed by atoms with van der Waals surface area (Å²) in [5.74, 6) is -6.90. The average molecular weight is 320 g/mol. The maximum atomic E-state index is 13.8. The maximum absolute atomic E-state index is 13.8. The summed E-state index contributed by atoms with van der Waals surface area (Å²) in [6, 6.07) is 4.55. The van der Waals surface area contributed by atoms with Crippen molar-refractivity contribution >= 4 is 23.2 Å². The molecule has 0 saturated carbocycles. The molecule has 0 heterocycles. The van der Waals surface area contributed by atoms with Crippen LogP contribution in [0.15, 0.2) is 18.2 Å². The molecule has 0 amide bonds. The van der Waals surface area contributed by atoms with Crippen LogP contribution in [0.1, 0.15) is 5.56 Å². The monoisotopic (exact) mass is 319 g/mol. The first kappa shape index (κ1) is 14.6. The van der Waals surface area contributed by atoms with Gasteiger partial charge in [0.25, 0.3) is 0 Å². The highest BCUT2D eigenvalue weighted by molar-refractivity contribution is 6.35. The number of hydrogen-bond donors (Lipinski definition) is 0. The van der Waals surface area contributed by atoms with Crippen molar-refractivity contribution in [3.63, 3.8) is 0 Å². The normalized spacial score (nSPS) is 10.4. The third kappa shape index (κ3) is 2.33. The number of nitrogens with zero attached hydrogens (tertiary/aromatic N) is 1. The van der Waals surface area contributed by atoms with E-state index in [4.69, 9.17) is 28.5 Å². The van der Waals surface area contributed by atoms with Crippen LogP contribution >= 0.6 is 23.2 Å². The van der Waals surface area contributed by atoms with E-state index in [-0.39, 0.29) is 15.6 Å². The van der Waals surface area contributed by atoms with E-state index >= 15 is 0 Å². The molecule has 2 rings (SSSR count). The number of hydrogen-bond acceptors (Lipinski definition) is 1. The van der Waals surface area contributed by atoms with E-state index in [0.717, 1.165) is 18.2 Å². The standard InChI is InChI=1S/C13H3Cl2F4N/c14-6-1-5(2-7(15)3-6)9-12(18)10(16)8(4-20)11(17)13(9)19/h1-3H. The summed E-state index contributed by atoms with van der Waals surface area (Å²) in [6.07, 6.45) is 0. The molecule has 2 aromatic rings. The van der Waals surface area contributed by atoms with E-state index in [1.54, 1.807) is 0 Å². The second-order valence-corrected chi connectivity index (χ2v) is 4.65. The Morgan fingerprint density at radius 1 is 0.800 bits per heavy atom. The van der Waals surface area contributed by atoms with Crippen molar-refractivity contribution < 1.29 is 17.6 Å². The lowest BCUT2D eigenvalue weighted by Gasteiger charge is -2.09. The molecule has 0 bridgehead atoms. The smallest absolute Gasteiger partial charge is 0.180 e. The van der Waals surface area contributed by atoms with Crippen LogP contribution in [0.3, 0.4) is 0 Å². The van der Waals surface area contributed by atoms with Gasteiger partial charge < -0.3 is 0 Å². The van der Waals surface area contributed by atoms with Crippen LogP contribution in [0, 0.1) is 34.6 Å². The lowest BCUT2D eigenvalue weighted by Crippen LogP contribution is -2.03. The molecule has 1 nitrogen and oxygen atoms in total. The number of nitriles is 1. The molecule has 0 spiro atoms. The van der Waals surface area contributed by atoms with Crippen molar-refractivity contribution in [2.45, 2.75) is 0 Å². The highest BCUT2D eigenvalue weighted by Crippen LogP contribution is 2.34. The fraction of sp³-hybridized carbons (Fsp3) is 0. The van der Waals surface area contributed by atoms with Crippen LogP contribution in [-0.4, -0.2) is 0 Å². The predicted molar refractivity (Wildman–Crippen MR) is 66.4 cm³/mol. The van der Waals surface area contributed by atoms with E-state index in [9.17, 15) is 17.6 Å². The van der Waals surface area contributed by atoms with E-state index < -0.39 is 34.4 Å². The minimum absolute atomic E-state index is 0.0384. The molecule has 0 aliphatic carbocycles. The van der Waals surface area contributed by atoms with Crippen molar-refractivity contribution in [3.8, 4) is 17.2 Å². The zero-order valence-corrected chi connectivity index (χ0v) is 11.0. The van der Waals surface area contributed by atoms with Gasteiger partial charge in [-0.3, -0.25) is 0 Å². The summed E-state index contributed by atoms with van der Waals surface area (Å²) in [6.45, 7) is 0. The van der Waals surface area contributed by atoms with Crippen molar-refractivity contribution in [2.75, 3.05) is 0 Å². The third-order valence-electron chi connectivity index (χ3n) is 2.53. The lowest BCUT2D eigenvalue weighted by molar-refractivity contribution is 0.454. The second-order valence-electron chi connectivity index (χ2n) is 3.78. The molecular formula is C13H3Cl2F4N. The van der Waals surface area contributed by atoms with Crippen molar-refractivity contribution in [1.29, 1.82) is 5.26 Å². The van der Waals surface area contributed by atoms with Crippen molar-refractivity contribution in [1.82, 2.24) is 0 Å². The van der Waals surface area contributed by atoms with Gasteiger partial charge in [0.05, 0.1) is 5.56 Å². The Bertz CT molecular complexity index is 704. The fourth-order valence-corrected chi connectivity index (χ4v) is 2.21. The first-order valence-electron chi connectivity index (χ1n) is 5.09. The van der Waals surface area contributed by atoms with Crippen LogP contribution in [0.5, 0.6) is 0 Å². The van der Waals surface area contributed by atoms with Gasteiger partial charge in [0.2, 0.25) is 0 Å². The lowest BCUT2D eigenvalue weighted by atomic mass is 10.0. The molecule has 0 N–H and O–H groups in total. The second kappa shape index (κ2) is 5.31. The molecule has 102 valence electrons. The van der Waals surface area contributed by atoms with Crippen LogP contribution in [0.4, 0.5) is 17.6 Å². The molecule has 0 aliphatic heterocycles. The van der Waals surface area contributed by atoms with Gasteiger partial charge in [0, 0.05) is 10.0 Å². The zero-order chi connectivity index (χ0) is 15.0. The van der Waals surface area contributed by atoms with Crippen LogP contribution in [0.2, 0.25) is 10.0 Å². The van der Waals surface area contributed by atoms with Crippen molar-refractivity contribution in [2.24, 2.45) is 0 Å². The van der Waals surface area contributed by atoms with Gasteiger partial charge in [-0.05, 0) is 23.8 Å². The van der Waals surface area contributed by atoms with Crippen LogP contribution < -0.4 is 0 Å². The van der Waals surface area contributed by atoms with Gasteiger partial charge in [-0.1, -0.05) is 23.2 Å². The molecular weight excluding hydrogens is 317 g/mol. The van der Waals surface area contributed by atoms with Gasteiger partial charge in [0.1, 0.15) is 11.6 Å². The summed E-state index contributed by atoms with van der Waals surface area (Å²) < 4.78 is 54.7. The molecule has 20 heavy (non-hydrogen) atoms. The summed E-state index contributed by atoms with van der Waals surface area (Å²) in [4.78, 5) is 0. The Hall–Kier alpha value is -1.77. The molecule has 0 fully saturated rings. The van der Waals surface area contributed by atoms with Gasteiger partial charge in [-0.15, -0.1) is 0 Å². The van der Waals surface area contributed by atoms with Gasteiger partial charge in [0.15, 0.2) is 23.3 Å². The van der Waals surface area contributed by atoms with E-state index in [0.29, 0.717) is 0 Å². The SMILES string of the molecule is N#Cc1c(F)c(F)c(-c2cc(Cl)cc(Cl)c2)c(F)c1F. The van der Waals surface area contributed by atoms with E-state index in [2.05, 4.69) is 0 Å². The molecule has 2 aromatic carbocycles. The van der Waals surface area contributed by atoms with Gasteiger partial charge in [-0.2, -0.15) is 5.26 Å². The minimum Gasteiger partial charge on any atom is -0.203 e. The van der Waals surface area contributed by atoms with Crippen LogP contribution in [-0.2, 0) is 0 Å². The Kier molecular flexibility index (Phi) is 3.89. The first-order valence-corrected chi connectivity index (χ1v) is 5.85. The Morgan fingerprint density at radius 2 is 1.25 bits per heavy atom. The quantitative estimate of drug-likeness (QED) is 0.530. The molecule has 0 radical (unpaired) electrons. The molecule has 0 saturated heterocycles. The summed E-state index contributed by atoms with van der Waals surface area (Å²) in [5.41, 5.74) is -2.53. The Balaban J connectivity index is 2.85. The Morgan fingerprint density at radius 3 is 1.65 bits per heavy atom. The Labute approximate surface area is 121 Å². The van der Waals surface area contributed by atoms with E-state index in [1.807, 2.05) is 0 Å². The topological polar surface area (TPSA) is 23.8 Å². The van der Waals surface area contributed by atoms with E-state index in [1.165, 1.54) is 6.07 Å². The summed E-state index contributed by atoms with van der Waals surface area (Å²) in [5, 5.41) is 8.57. The highest BCUT2D eigenvalue weighted by atomic mass is 35.5. The largest absolute Gasteiger partial charge is 0.203 e. The van der Waals surface area contributed by atoms with Gasteiger partial charge in [-0.25, -0.2) is 17.6 Å². The average Bonchev–Trinajstić information content (AvgIpc) is 2.36. The number of halogens is 6. The molecule has 0 atom stereocenters. The minimum atomic E-state index is -1.77. The molecule has 7 heteroatoms. The third-order valence-corrected chi connectivity index (χ3v) is 2.96. The predicted octanol–water partition coefficient (Wildman–Crippen LogP) is 5.09. The molecule has 0 unspecified atom stereocenters. The van der Waals surface area contributed by atoms with Crippen molar-refractivity contribution in [3.05, 3.63) is 57.1 Å². The summed E-state index contributed by atoms with van der Waals surface area (Å²) >= 11 is 11.3. The number of rotatable bonds is 1. The maximum Gasteiger partial charge on any atom is 0.180 e. The number of benzene rings is 2. The first-order chi connectivity index (χ1) is 9.36. The fourth-order valence-electron chi connectivity index (χ4n) is 1.68. The highest BCUT2D eigenvalue weighted by Gasteiger charge is 2.26. The van der Waals surface area contributed by atoms with Gasteiger partial charge >= 0.3 is 0 Å². The van der Waals surface area contributed by atoms with Crippen LogP contribution in [0.25, 0.3) is 11.1 Å². The zero-order valence-electron chi connectivity index (χ0n) is 9.45.